The highest BCUT2D eigenvalue weighted by Crippen LogP contribution is 2.21. The van der Waals surface area contributed by atoms with E-state index in [1.54, 1.807) is 0 Å². The lowest BCUT2D eigenvalue weighted by atomic mass is 9.92. The molecule has 0 saturated heterocycles. The van der Waals surface area contributed by atoms with Gasteiger partial charge in [0.15, 0.2) is 0 Å². The average molecular weight is 408 g/mol. The second-order valence-electron chi connectivity index (χ2n) is 9.80. The van der Waals surface area contributed by atoms with Crippen LogP contribution in [0.25, 0.3) is 0 Å². The molecule has 1 unspecified atom stereocenters. The van der Waals surface area contributed by atoms with Gasteiger partial charge in [-0.2, -0.15) is 0 Å². The molecular weight excluding hydrogens is 348 g/mol. The number of unbranched alkanes of at least 4 members (excludes halogenated alkanes) is 20. The smallest absolute Gasteiger partial charge is 0.0414 e. The van der Waals surface area contributed by atoms with E-state index in [9.17, 15) is 0 Å². The van der Waals surface area contributed by atoms with E-state index in [1.165, 1.54) is 154 Å². The highest BCUT2D eigenvalue weighted by atomic mass is 14.1. The molecule has 0 N–H and O–H groups in total. The first-order valence-electron chi connectivity index (χ1n) is 14.1. The Bertz CT molecular complexity index is 269. The summed E-state index contributed by atoms with van der Waals surface area (Å²) in [5.74, 6) is 0.910. The molecule has 0 fully saturated rings. The molecule has 0 nitrogen and oxygen atoms in total. The van der Waals surface area contributed by atoms with Gasteiger partial charge >= 0.3 is 0 Å². The first-order chi connectivity index (χ1) is 14.3. The predicted octanol–water partition coefficient (Wildman–Crippen LogP) is 11.2. The van der Waals surface area contributed by atoms with Crippen LogP contribution in [0.2, 0.25) is 0 Å². The summed E-state index contributed by atoms with van der Waals surface area (Å²) in [6, 6.07) is 0. The van der Waals surface area contributed by atoms with Crippen molar-refractivity contribution in [3.63, 3.8) is 0 Å². The lowest BCUT2D eigenvalue weighted by Gasteiger charge is -2.14. The molecular formula is C29H59. The second-order valence-corrected chi connectivity index (χ2v) is 9.80. The molecule has 0 aromatic heterocycles. The van der Waals surface area contributed by atoms with Crippen molar-refractivity contribution in [2.45, 2.75) is 174 Å². The van der Waals surface area contributed by atoms with Crippen molar-refractivity contribution < 1.29 is 0 Å². The molecule has 0 rings (SSSR count). The summed E-state index contributed by atoms with van der Waals surface area (Å²) < 4.78 is 0. The maximum absolute atomic E-state index is 4.17. The summed E-state index contributed by atoms with van der Waals surface area (Å²) >= 11 is 0. The lowest BCUT2D eigenvalue weighted by molar-refractivity contribution is 0.408. The van der Waals surface area contributed by atoms with E-state index in [0.717, 1.165) is 12.3 Å². The van der Waals surface area contributed by atoms with Gasteiger partial charge in [-0.15, -0.1) is 0 Å². The molecule has 0 saturated carbocycles. The number of rotatable bonds is 25. The van der Waals surface area contributed by atoms with Crippen LogP contribution >= 0.6 is 0 Å². The molecule has 29 heavy (non-hydrogen) atoms. The first kappa shape index (κ1) is 29.0. The van der Waals surface area contributed by atoms with E-state index < -0.39 is 0 Å². The van der Waals surface area contributed by atoms with Crippen LogP contribution in [-0.2, 0) is 0 Å². The summed E-state index contributed by atoms with van der Waals surface area (Å²) in [6.45, 7) is 8.77. The monoisotopic (exact) mass is 407 g/mol. The first-order valence-corrected chi connectivity index (χ1v) is 14.1. The molecule has 0 amide bonds. The minimum atomic E-state index is 0.910. The highest BCUT2D eigenvalue weighted by molar-refractivity contribution is 4.62. The molecule has 0 aliphatic carbocycles. The van der Waals surface area contributed by atoms with Gasteiger partial charge in [-0.3, -0.25) is 0 Å². The van der Waals surface area contributed by atoms with E-state index >= 15 is 0 Å². The Hall–Kier alpha value is 0. The number of hydrogen-bond acceptors (Lipinski definition) is 0. The minimum Gasteiger partial charge on any atom is -0.0654 e. The molecule has 1 radical (unpaired) electrons. The standard InChI is InChI=1S/C29H59/c1-4-7-9-10-11-12-13-14-15-16-17-18-19-20-21-22-23-24-26-28-29(6-3)27-25-8-5-2/h29H,3-28H2,1-2H3. The zero-order valence-corrected chi connectivity index (χ0v) is 21.0. The third kappa shape index (κ3) is 24.1. The van der Waals surface area contributed by atoms with Crippen molar-refractivity contribution in [1.29, 1.82) is 0 Å². The molecule has 0 aromatic rings. The minimum absolute atomic E-state index is 0.910. The van der Waals surface area contributed by atoms with Crippen LogP contribution in [0.15, 0.2) is 0 Å². The van der Waals surface area contributed by atoms with Gasteiger partial charge < -0.3 is 0 Å². The Morgan fingerprint density at radius 1 is 0.379 bits per heavy atom. The van der Waals surface area contributed by atoms with Crippen molar-refractivity contribution >= 4 is 0 Å². The van der Waals surface area contributed by atoms with E-state index in [-0.39, 0.29) is 0 Å². The molecule has 0 heterocycles. The van der Waals surface area contributed by atoms with Crippen molar-refractivity contribution in [3.05, 3.63) is 6.92 Å². The van der Waals surface area contributed by atoms with E-state index in [0.29, 0.717) is 0 Å². The molecule has 1 atom stereocenters. The van der Waals surface area contributed by atoms with Gasteiger partial charge in [0.25, 0.3) is 0 Å². The Morgan fingerprint density at radius 2 is 0.621 bits per heavy atom. The molecule has 0 bridgehead atoms. The summed E-state index contributed by atoms with van der Waals surface area (Å²) in [5, 5.41) is 0. The third-order valence-electron chi connectivity index (χ3n) is 6.84. The van der Waals surface area contributed by atoms with Crippen molar-refractivity contribution in [3.8, 4) is 0 Å². The van der Waals surface area contributed by atoms with Crippen molar-refractivity contribution in [2.24, 2.45) is 5.92 Å². The van der Waals surface area contributed by atoms with Crippen LogP contribution < -0.4 is 0 Å². The lowest BCUT2D eigenvalue weighted by Crippen LogP contribution is -1.99. The van der Waals surface area contributed by atoms with Crippen molar-refractivity contribution in [2.75, 3.05) is 0 Å². The van der Waals surface area contributed by atoms with Crippen LogP contribution in [0, 0.1) is 12.8 Å². The van der Waals surface area contributed by atoms with Gasteiger partial charge in [0.1, 0.15) is 0 Å². The summed E-state index contributed by atoms with van der Waals surface area (Å²) in [4.78, 5) is 0. The summed E-state index contributed by atoms with van der Waals surface area (Å²) in [6.07, 6.45) is 36.2. The molecule has 0 heteroatoms. The molecule has 0 spiro atoms. The van der Waals surface area contributed by atoms with Crippen LogP contribution in [-0.4, -0.2) is 0 Å². The molecule has 0 aromatic carbocycles. The van der Waals surface area contributed by atoms with E-state index in [2.05, 4.69) is 20.8 Å². The molecule has 0 aliphatic heterocycles. The highest BCUT2D eigenvalue weighted by Gasteiger charge is 2.05. The Kier molecular flexibility index (Phi) is 26.0. The second kappa shape index (κ2) is 26.0. The zero-order chi connectivity index (χ0) is 21.3. The Morgan fingerprint density at radius 3 is 0.931 bits per heavy atom. The molecule has 0 aliphatic rings. The SMILES string of the molecule is [CH2]CC(CCCCC)CCCCCCCCCCCCCCCCCCCCC. The zero-order valence-electron chi connectivity index (χ0n) is 21.0. The Labute approximate surface area is 187 Å². The fraction of sp³-hybridized carbons (Fsp3) is 0.966. The topological polar surface area (TPSA) is 0 Å². The Balaban J connectivity index is 3.13. The average Bonchev–Trinajstić information content (AvgIpc) is 2.74. The third-order valence-corrected chi connectivity index (χ3v) is 6.84. The fourth-order valence-electron chi connectivity index (χ4n) is 4.63. The van der Waals surface area contributed by atoms with E-state index in [4.69, 9.17) is 0 Å². The largest absolute Gasteiger partial charge is 0.0654 e. The van der Waals surface area contributed by atoms with Gasteiger partial charge in [-0.1, -0.05) is 181 Å². The van der Waals surface area contributed by atoms with Crippen molar-refractivity contribution in [1.82, 2.24) is 0 Å². The number of hydrogen-bond donors (Lipinski definition) is 0. The van der Waals surface area contributed by atoms with Gasteiger partial charge in [0.2, 0.25) is 0 Å². The predicted molar refractivity (Wildman–Crippen MR) is 136 cm³/mol. The van der Waals surface area contributed by atoms with Crippen LogP contribution in [0.3, 0.4) is 0 Å². The van der Waals surface area contributed by atoms with Gasteiger partial charge in [-0.05, 0) is 5.92 Å². The molecule has 175 valence electrons. The summed E-state index contributed by atoms with van der Waals surface area (Å²) in [7, 11) is 0. The van der Waals surface area contributed by atoms with Crippen LogP contribution in [0.4, 0.5) is 0 Å². The van der Waals surface area contributed by atoms with Crippen LogP contribution in [0.1, 0.15) is 174 Å². The van der Waals surface area contributed by atoms with Gasteiger partial charge in [-0.25, -0.2) is 0 Å². The quantitative estimate of drug-likeness (QED) is 0.132. The summed E-state index contributed by atoms with van der Waals surface area (Å²) in [5.41, 5.74) is 0. The van der Waals surface area contributed by atoms with Gasteiger partial charge in [0, 0.05) is 0 Å². The fourth-order valence-corrected chi connectivity index (χ4v) is 4.63. The maximum Gasteiger partial charge on any atom is -0.0414 e. The van der Waals surface area contributed by atoms with Crippen LogP contribution in [0.5, 0.6) is 0 Å². The van der Waals surface area contributed by atoms with E-state index in [1.807, 2.05) is 0 Å². The maximum atomic E-state index is 4.17. The normalized spacial score (nSPS) is 12.5. The van der Waals surface area contributed by atoms with Gasteiger partial charge in [0.05, 0.1) is 0 Å².